The molecule has 2 nitrogen and oxygen atoms in total. The van der Waals surface area contributed by atoms with E-state index in [9.17, 15) is 9.59 Å². The minimum Gasteiger partial charge on any atom is -0.303 e. The summed E-state index contributed by atoms with van der Waals surface area (Å²) in [4.78, 5) is 22.6. The molecule has 0 spiro atoms. The fourth-order valence-corrected chi connectivity index (χ4v) is 3.40. The molecule has 0 amide bonds. The van der Waals surface area contributed by atoms with Gasteiger partial charge in [-0.25, -0.2) is 0 Å². The van der Waals surface area contributed by atoms with Crippen LogP contribution in [0.25, 0.3) is 0 Å². The number of hydrogen-bond acceptors (Lipinski definition) is 2. The van der Waals surface area contributed by atoms with E-state index < -0.39 is 0 Å². The average molecular weight is 232 g/mol. The number of fused-ring (bicyclic) bond motifs is 1. The monoisotopic (exact) mass is 232 g/mol. The van der Waals surface area contributed by atoms with E-state index in [1.165, 1.54) is 0 Å². The molecule has 17 heavy (non-hydrogen) atoms. The van der Waals surface area contributed by atoms with E-state index in [0.29, 0.717) is 17.9 Å². The van der Waals surface area contributed by atoms with Crippen LogP contribution in [0.3, 0.4) is 0 Å². The first kappa shape index (κ1) is 12.3. The predicted molar refractivity (Wildman–Crippen MR) is 67.5 cm³/mol. The molecule has 2 atom stereocenters. The van der Waals surface area contributed by atoms with E-state index in [2.05, 4.69) is 32.9 Å². The van der Waals surface area contributed by atoms with Gasteiger partial charge in [-0.3, -0.25) is 4.79 Å². The van der Waals surface area contributed by atoms with Gasteiger partial charge in [0.15, 0.2) is 5.78 Å². The standard InChI is InChI=1S/C15H20O2/c1-14(2)6-4-7-15(3)10-11(5-8-16)12(17)9-13(14)15/h4,7-8,10,13H,5-6,9H2,1-3H3/t13-,15-/m1/s1. The minimum atomic E-state index is -0.0615. The first-order chi connectivity index (χ1) is 7.89. The highest BCUT2D eigenvalue weighted by atomic mass is 16.1. The smallest absolute Gasteiger partial charge is 0.159 e. The van der Waals surface area contributed by atoms with E-state index in [0.717, 1.165) is 12.7 Å². The van der Waals surface area contributed by atoms with Crippen molar-refractivity contribution < 1.29 is 9.59 Å². The highest BCUT2D eigenvalue weighted by Crippen LogP contribution is 2.52. The molecule has 2 aliphatic carbocycles. The molecular weight excluding hydrogens is 212 g/mol. The fraction of sp³-hybridized carbons (Fsp3) is 0.600. The average Bonchev–Trinajstić information content (AvgIpc) is 2.21. The quantitative estimate of drug-likeness (QED) is 0.541. The lowest BCUT2D eigenvalue weighted by Crippen LogP contribution is -2.42. The number of carbonyl (C=O) groups excluding carboxylic acids is 2. The van der Waals surface area contributed by atoms with E-state index in [-0.39, 0.29) is 23.0 Å². The molecule has 0 bridgehead atoms. The Hall–Kier alpha value is -1.18. The van der Waals surface area contributed by atoms with Crippen LogP contribution in [0, 0.1) is 16.7 Å². The maximum absolute atomic E-state index is 12.0. The molecule has 0 saturated carbocycles. The van der Waals surface area contributed by atoms with Crippen molar-refractivity contribution in [3.63, 3.8) is 0 Å². The summed E-state index contributed by atoms with van der Waals surface area (Å²) in [5.74, 6) is 0.505. The molecule has 2 heteroatoms. The van der Waals surface area contributed by atoms with Gasteiger partial charge in [-0.05, 0) is 23.3 Å². The van der Waals surface area contributed by atoms with E-state index in [1.54, 1.807) is 0 Å². The first-order valence-electron chi connectivity index (χ1n) is 6.25. The normalized spacial score (nSPS) is 35.1. The SMILES string of the molecule is CC1(C)CC=C[C@]2(C)C=C(CC=O)C(=O)C[C@H]12. The Labute approximate surface area is 103 Å². The van der Waals surface area contributed by atoms with Crippen LogP contribution in [-0.2, 0) is 9.59 Å². The second-order valence-corrected chi connectivity index (χ2v) is 6.18. The lowest BCUT2D eigenvalue weighted by Gasteiger charge is -2.48. The number of allylic oxidation sites excluding steroid dienone is 4. The maximum atomic E-state index is 12.0. The van der Waals surface area contributed by atoms with Crippen LogP contribution in [0.1, 0.15) is 40.0 Å². The summed E-state index contributed by atoms with van der Waals surface area (Å²) in [5, 5.41) is 0. The van der Waals surface area contributed by atoms with Gasteiger partial charge in [0, 0.05) is 18.3 Å². The van der Waals surface area contributed by atoms with Crippen LogP contribution >= 0.6 is 0 Å². The van der Waals surface area contributed by atoms with Gasteiger partial charge in [0.05, 0.1) is 0 Å². The van der Waals surface area contributed by atoms with Crippen LogP contribution < -0.4 is 0 Å². The molecule has 2 rings (SSSR count). The van der Waals surface area contributed by atoms with Crippen LogP contribution in [0.15, 0.2) is 23.8 Å². The third-order valence-electron chi connectivity index (χ3n) is 4.35. The van der Waals surface area contributed by atoms with E-state index in [4.69, 9.17) is 0 Å². The minimum absolute atomic E-state index is 0.0615. The van der Waals surface area contributed by atoms with Crippen molar-refractivity contribution in [1.82, 2.24) is 0 Å². The molecule has 0 saturated heterocycles. The van der Waals surface area contributed by atoms with Gasteiger partial charge in [-0.1, -0.05) is 39.0 Å². The summed E-state index contributed by atoms with van der Waals surface area (Å²) in [6, 6.07) is 0. The second-order valence-electron chi connectivity index (χ2n) is 6.18. The van der Waals surface area contributed by atoms with E-state index in [1.807, 2.05) is 6.08 Å². The van der Waals surface area contributed by atoms with E-state index >= 15 is 0 Å². The Morgan fingerprint density at radius 3 is 2.76 bits per heavy atom. The molecule has 0 fully saturated rings. The third kappa shape index (κ3) is 2.01. The maximum Gasteiger partial charge on any atom is 0.159 e. The molecule has 0 aromatic carbocycles. The van der Waals surface area contributed by atoms with Gasteiger partial charge in [0.25, 0.3) is 0 Å². The molecule has 92 valence electrons. The van der Waals surface area contributed by atoms with Crippen molar-refractivity contribution in [2.75, 3.05) is 0 Å². The molecular formula is C15H20O2. The summed E-state index contributed by atoms with van der Waals surface area (Å²) in [5.41, 5.74) is 0.789. The number of carbonyl (C=O) groups is 2. The fourth-order valence-electron chi connectivity index (χ4n) is 3.40. The summed E-state index contributed by atoms with van der Waals surface area (Å²) in [7, 11) is 0. The van der Waals surface area contributed by atoms with Gasteiger partial charge < -0.3 is 4.79 Å². The molecule has 2 aliphatic rings. The number of Topliss-reactive ketones (excluding diaryl/α,β-unsaturated/α-hetero) is 1. The third-order valence-corrected chi connectivity index (χ3v) is 4.35. The van der Waals surface area contributed by atoms with Gasteiger partial charge in [-0.15, -0.1) is 0 Å². The Kier molecular flexibility index (Phi) is 2.84. The molecule has 0 heterocycles. The van der Waals surface area contributed by atoms with Crippen molar-refractivity contribution in [2.24, 2.45) is 16.7 Å². The largest absolute Gasteiger partial charge is 0.303 e. The highest BCUT2D eigenvalue weighted by Gasteiger charge is 2.46. The van der Waals surface area contributed by atoms with Crippen molar-refractivity contribution >= 4 is 12.1 Å². The number of rotatable bonds is 2. The lowest BCUT2D eigenvalue weighted by atomic mass is 9.55. The molecule has 0 aliphatic heterocycles. The van der Waals surface area contributed by atoms with Crippen molar-refractivity contribution in [1.29, 1.82) is 0 Å². The first-order valence-corrected chi connectivity index (χ1v) is 6.25. The van der Waals surface area contributed by atoms with Gasteiger partial charge >= 0.3 is 0 Å². The zero-order valence-corrected chi connectivity index (χ0v) is 10.8. The second kappa shape index (κ2) is 3.94. The predicted octanol–water partition coefficient (Wildman–Crippen LogP) is 3.08. The van der Waals surface area contributed by atoms with Crippen molar-refractivity contribution in [3.8, 4) is 0 Å². The Morgan fingerprint density at radius 2 is 2.12 bits per heavy atom. The Balaban J connectivity index is 2.44. The highest BCUT2D eigenvalue weighted by molar-refractivity contribution is 5.99. The molecule has 0 radical (unpaired) electrons. The summed E-state index contributed by atoms with van der Waals surface area (Å²) in [6.07, 6.45) is 9.13. The van der Waals surface area contributed by atoms with Crippen molar-refractivity contribution in [3.05, 3.63) is 23.8 Å². The molecule has 0 unspecified atom stereocenters. The van der Waals surface area contributed by atoms with Gasteiger partial charge in [-0.2, -0.15) is 0 Å². The Morgan fingerprint density at radius 1 is 1.41 bits per heavy atom. The van der Waals surface area contributed by atoms with Crippen LogP contribution in [0.2, 0.25) is 0 Å². The zero-order valence-electron chi connectivity index (χ0n) is 10.8. The van der Waals surface area contributed by atoms with Gasteiger partial charge in [0.1, 0.15) is 6.29 Å². The summed E-state index contributed by atoms with van der Waals surface area (Å²) in [6.45, 7) is 6.63. The number of ketones is 1. The molecule has 0 N–H and O–H groups in total. The number of hydrogen-bond donors (Lipinski definition) is 0. The van der Waals surface area contributed by atoms with Crippen LogP contribution in [-0.4, -0.2) is 12.1 Å². The lowest BCUT2D eigenvalue weighted by molar-refractivity contribution is -0.120. The van der Waals surface area contributed by atoms with Crippen LogP contribution in [0.4, 0.5) is 0 Å². The molecule has 0 aromatic heterocycles. The summed E-state index contributed by atoms with van der Waals surface area (Å²) < 4.78 is 0. The van der Waals surface area contributed by atoms with Crippen LogP contribution in [0.5, 0.6) is 0 Å². The molecule has 0 aromatic rings. The van der Waals surface area contributed by atoms with Gasteiger partial charge in [0.2, 0.25) is 0 Å². The zero-order chi connectivity index (χ0) is 12.7. The Bertz CT molecular complexity index is 415. The topological polar surface area (TPSA) is 34.1 Å². The summed E-state index contributed by atoms with van der Waals surface area (Å²) >= 11 is 0. The number of aldehydes is 1. The van der Waals surface area contributed by atoms with Crippen molar-refractivity contribution in [2.45, 2.75) is 40.0 Å².